The van der Waals surface area contributed by atoms with Crippen molar-refractivity contribution in [3.63, 3.8) is 0 Å². The van der Waals surface area contributed by atoms with Gasteiger partial charge < -0.3 is 15.2 Å². The first-order chi connectivity index (χ1) is 5.59. The molecule has 0 spiro atoms. The molecular formula is C7H14BNO3. The van der Waals surface area contributed by atoms with Crippen LogP contribution in [-0.4, -0.2) is 43.6 Å². The van der Waals surface area contributed by atoms with E-state index in [1.807, 2.05) is 7.85 Å². The fraction of sp³-hybridized carbons (Fsp3) is 0.857. The molecule has 0 saturated carbocycles. The van der Waals surface area contributed by atoms with Gasteiger partial charge in [-0.15, -0.1) is 0 Å². The largest absolute Gasteiger partial charge is 0.390 e. The minimum absolute atomic E-state index is 0.0923. The minimum atomic E-state index is -0.438. The van der Waals surface area contributed by atoms with E-state index >= 15 is 0 Å². The van der Waals surface area contributed by atoms with Crippen molar-refractivity contribution in [2.75, 3.05) is 6.54 Å². The first-order valence-corrected chi connectivity index (χ1v) is 4.17. The summed E-state index contributed by atoms with van der Waals surface area (Å²) >= 11 is 0. The Bertz CT molecular complexity index is 176. The van der Waals surface area contributed by atoms with Crippen molar-refractivity contribution >= 4 is 13.8 Å². The van der Waals surface area contributed by atoms with Crippen LogP contribution in [0.3, 0.4) is 0 Å². The van der Waals surface area contributed by atoms with E-state index in [1.165, 1.54) is 6.92 Å². The van der Waals surface area contributed by atoms with Crippen LogP contribution in [0.5, 0.6) is 0 Å². The van der Waals surface area contributed by atoms with Crippen LogP contribution in [-0.2, 0) is 9.53 Å². The zero-order chi connectivity index (χ0) is 9.14. The molecule has 1 fully saturated rings. The highest BCUT2D eigenvalue weighted by atomic mass is 16.5. The third-order valence-electron chi connectivity index (χ3n) is 1.96. The second kappa shape index (κ2) is 3.91. The molecule has 1 saturated heterocycles. The lowest BCUT2D eigenvalue weighted by atomic mass is 9.96. The van der Waals surface area contributed by atoms with Crippen LogP contribution < -0.4 is 5.32 Å². The van der Waals surface area contributed by atoms with Gasteiger partial charge in [-0.1, -0.05) is 0 Å². The normalized spacial score (nSPS) is 35.0. The van der Waals surface area contributed by atoms with Gasteiger partial charge in [0, 0.05) is 19.5 Å². The second-order valence-electron chi connectivity index (χ2n) is 3.23. The smallest absolute Gasteiger partial charge is 0.216 e. The predicted molar refractivity (Wildman–Crippen MR) is 46.5 cm³/mol. The highest BCUT2D eigenvalue weighted by molar-refractivity contribution is 6.11. The Morgan fingerprint density at radius 1 is 1.83 bits per heavy atom. The van der Waals surface area contributed by atoms with E-state index in [9.17, 15) is 9.90 Å². The first kappa shape index (κ1) is 9.54. The summed E-state index contributed by atoms with van der Waals surface area (Å²) in [4.78, 5) is 10.5. The second-order valence-corrected chi connectivity index (χ2v) is 3.23. The molecule has 1 amide bonds. The molecule has 1 heterocycles. The molecule has 5 heteroatoms. The topological polar surface area (TPSA) is 58.6 Å². The summed E-state index contributed by atoms with van der Waals surface area (Å²) in [6, 6.07) is 0.0961. The van der Waals surface area contributed by atoms with E-state index < -0.39 is 6.10 Å². The molecule has 0 radical (unpaired) electrons. The van der Waals surface area contributed by atoms with Crippen LogP contribution in [0.1, 0.15) is 13.3 Å². The average molecular weight is 171 g/mol. The summed E-state index contributed by atoms with van der Waals surface area (Å²) in [7, 11) is 1.91. The monoisotopic (exact) mass is 171 g/mol. The number of hydrogen-bond acceptors (Lipinski definition) is 3. The number of ether oxygens (including phenoxy) is 1. The quantitative estimate of drug-likeness (QED) is 0.483. The lowest BCUT2D eigenvalue weighted by molar-refractivity contribution is -0.119. The average Bonchev–Trinajstić information content (AvgIpc) is 2.26. The Morgan fingerprint density at radius 3 is 2.92 bits per heavy atom. The maximum absolute atomic E-state index is 10.5. The van der Waals surface area contributed by atoms with Gasteiger partial charge in [-0.2, -0.15) is 0 Å². The summed E-state index contributed by atoms with van der Waals surface area (Å²) in [6.45, 7) is 1.85. The number of aliphatic hydroxyl groups excluding tert-OH is 1. The highest BCUT2D eigenvalue weighted by Gasteiger charge is 2.30. The van der Waals surface area contributed by atoms with E-state index in [0.29, 0.717) is 13.0 Å². The van der Waals surface area contributed by atoms with Gasteiger partial charge in [0.15, 0.2) is 0 Å². The molecule has 3 atom stereocenters. The third kappa shape index (κ3) is 2.50. The summed E-state index contributed by atoms with van der Waals surface area (Å²) in [5.41, 5.74) is 0. The molecule has 4 nitrogen and oxygen atoms in total. The van der Waals surface area contributed by atoms with Crippen LogP contribution >= 0.6 is 0 Å². The Hall–Kier alpha value is -0.545. The Kier molecular flexibility index (Phi) is 3.11. The summed E-state index contributed by atoms with van der Waals surface area (Å²) in [6.07, 6.45) is -0.0136. The molecule has 0 aromatic carbocycles. The number of aliphatic hydroxyl groups is 1. The highest BCUT2D eigenvalue weighted by Crippen LogP contribution is 2.17. The number of amides is 1. The van der Waals surface area contributed by atoms with Crippen molar-refractivity contribution in [2.24, 2.45) is 0 Å². The van der Waals surface area contributed by atoms with E-state index in [-0.39, 0.29) is 18.0 Å². The van der Waals surface area contributed by atoms with Crippen LogP contribution in [0.4, 0.5) is 0 Å². The zero-order valence-electron chi connectivity index (χ0n) is 7.41. The van der Waals surface area contributed by atoms with Crippen molar-refractivity contribution in [2.45, 2.75) is 31.6 Å². The Morgan fingerprint density at radius 2 is 2.50 bits per heavy atom. The number of hydrogen-bond donors (Lipinski definition) is 2. The zero-order valence-corrected chi connectivity index (χ0v) is 7.41. The van der Waals surface area contributed by atoms with E-state index in [1.54, 1.807) is 0 Å². The van der Waals surface area contributed by atoms with Gasteiger partial charge in [-0.3, -0.25) is 4.79 Å². The van der Waals surface area contributed by atoms with Gasteiger partial charge in [-0.25, -0.2) is 0 Å². The fourth-order valence-corrected chi connectivity index (χ4v) is 1.36. The van der Waals surface area contributed by atoms with Crippen LogP contribution in [0.15, 0.2) is 0 Å². The van der Waals surface area contributed by atoms with Crippen molar-refractivity contribution in [3.8, 4) is 0 Å². The van der Waals surface area contributed by atoms with Crippen LogP contribution in [0.25, 0.3) is 0 Å². The molecule has 2 N–H and O–H groups in total. The number of carbonyl (C=O) groups is 1. The van der Waals surface area contributed by atoms with Gasteiger partial charge in [-0.05, 0) is 6.42 Å². The standard InChI is InChI=1S/C7H14BNO3/c1-4(10)9-3-6-5(11)2-7(8)12-6/h5-7,11H,2-3,8H2,1H3,(H,9,10)/t5?,6-,7-/m1/s1. The van der Waals surface area contributed by atoms with Crippen LogP contribution in [0, 0.1) is 0 Å². The third-order valence-corrected chi connectivity index (χ3v) is 1.96. The summed E-state index contributed by atoms with van der Waals surface area (Å²) in [5.74, 6) is -0.0923. The molecule has 1 aliphatic heterocycles. The molecule has 0 aliphatic carbocycles. The molecule has 0 aromatic rings. The summed E-state index contributed by atoms with van der Waals surface area (Å²) < 4.78 is 5.36. The van der Waals surface area contributed by atoms with Crippen molar-refractivity contribution < 1.29 is 14.6 Å². The van der Waals surface area contributed by atoms with Gasteiger partial charge in [0.2, 0.25) is 5.91 Å². The Labute approximate surface area is 72.7 Å². The fourth-order valence-electron chi connectivity index (χ4n) is 1.36. The maximum atomic E-state index is 10.5. The minimum Gasteiger partial charge on any atom is -0.390 e. The molecule has 1 aliphatic rings. The van der Waals surface area contributed by atoms with Gasteiger partial charge >= 0.3 is 0 Å². The number of nitrogens with one attached hydrogen (secondary N) is 1. The van der Waals surface area contributed by atoms with E-state index in [4.69, 9.17) is 4.74 Å². The molecular weight excluding hydrogens is 157 g/mol. The molecule has 1 unspecified atom stereocenters. The molecule has 0 aromatic heterocycles. The van der Waals surface area contributed by atoms with Crippen molar-refractivity contribution in [1.82, 2.24) is 5.32 Å². The van der Waals surface area contributed by atoms with E-state index in [2.05, 4.69) is 5.32 Å². The maximum Gasteiger partial charge on any atom is 0.216 e. The molecule has 12 heavy (non-hydrogen) atoms. The first-order valence-electron chi connectivity index (χ1n) is 4.17. The van der Waals surface area contributed by atoms with Gasteiger partial charge in [0.05, 0.1) is 6.10 Å². The van der Waals surface area contributed by atoms with Crippen LogP contribution in [0.2, 0.25) is 0 Å². The van der Waals surface area contributed by atoms with Gasteiger partial charge in [0.25, 0.3) is 0 Å². The Balaban J connectivity index is 2.28. The number of carbonyl (C=O) groups excluding carboxylic acids is 1. The van der Waals surface area contributed by atoms with Crippen molar-refractivity contribution in [3.05, 3.63) is 0 Å². The SMILES string of the molecule is B[C@H]1CC(O)[C@@H](CNC(C)=O)O1. The van der Waals surface area contributed by atoms with Gasteiger partial charge in [0.1, 0.15) is 14.0 Å². The predicted octanol–water partition coefficient (Wildman–Crippen LogP) is -1.77. The molecule has 0 bridgehead atoms. The lowest BCUT2D eigenvalue weighted by Gasteiger charge is -2.13. The molecule has 68 valence electrons. The molecule has 1 rings (SSSR count). The van der Waals surface area contributed by atoms with Crippen molar-refractivity contribution in [1.29, 1.82) is 0 Å². The van der Waals surface area contributed by atoms with E-state index in [0.717, 1.165) is 0 Å². The lowest BCUT2D eigenvalue weighted by Crippen LogP contribution is -2.35. The number of rotatable bonds is 2. The summed E-state index contributed by atoms with van der Waals surface area (Å²) in [5, 5.41) is 12.0.